The van der Waals surface area contributed by atoms with Crippen LogP contribution >= 0.6 is 23.2 Å². The highest BCUT2D eigenvalue weighted by Gasteiger charge is 2.21. The molecule has 4 rings (SSSR count). The average Bonchev–Trinajstić information content (AvgIpc) is 3.11. The van der Waals surface area contributed by atoms with Gasteiger partial charge in [-0.1, -0.05) is 53.5 Å². The van der Waals surface area contributed by atoms with Crippen molar-refractivity contribution in [3.05, 3.63) is 82.1 Å². The van der Waals surface area contributed by atoms with E-state index in [0.717, 1.165) is 4.52 Å². The maximum Gasteiger partial charge on any atom is 0.280 e. The third-order valence-electron chi connectivity index (χ3n) is 4.16. The van der Waals surface area contributed by atoms with Crippen molar-refractivity contribution in [2.45, 2.75) is 6.43 Å². The number of hydrogen-bond donors (Lipinski definition) is 1. The molecule has 0 atom stereocenters. The third-order valence-corrected chi connectivity index (χ3v) is 4.59. The number of anilines is 1. The summed E-state index contributed by atoms with van der Waals surface area (Å²) in [7, 11) is 0. The van der Waals surface area contributed by atoms with Crippen LogP contribution in [-0.4, -0.2) is 20.5 Å². The molecule has 2 aromatic carbocycles. The van der Waals surface area contributed by atoms with E-state index in [4.69, 9.17) is 23.2 Å². The summed E-state index contributed by atoms with van der Waals surface area (Å²) in [5, 5.41) is 7.26. The predicted molar refractivity (Wildman–Crippen MR) is 108 cm³/mol. The van der Waals surface area contributed by atoms with Gasteiger partial charge in [-0.3, -0.25) is 4.79 Å². The second-order valence-electron chi connectivity index (χ2n) is 6.14. The Labute approximate surface area is 173 Å². The number of carbonyl (C=O) groups is 1. The van der Waals surface area contributed by atoms with Crippen LogP contribution in [0.1, 0.15) is 22.5 Å². The first-order chi connectivity index (χ1) is 13.9. The van der Waals surface area contributed by atoms with Gasteiger partial charge in [0.1, 0.15) is 11.3 Å². The second kappa shape index (κ2) is 7.77. The van der Waals surface area contributed by atoms with Gasteiger partial charge >= 0.3 is 0 Å². The molecule has 1 amide bonds. The van der Waals surface area contributed by atoms with Gasteiger partial charge in [0.15, 0.2) is 5.65 Å². The van der Waals surface area contributed by atoms with Gasteiger partial charge in [0.05, 0.1) is 11.9 Å². The Bertz CT molecular complexity index is 1190. The molecule has 9 heteroatoms. The highest BCUT2D eigenvalue weighted by molar-refractivity contribution is 6.35. The zero-order valence-corrected chi connectivity index (χ0v) is 16.1. The average molecular weight is 433 g/mol. The standard InChI is InChI=1S/C20H12Cl2F2N4O/c21-12-6-13(22)8-14(7-12)26-20(29)15-10-25-28-17(18(23)24)9-16(27-19(15)28)11-4-2-1-3-5-11/h1-10,18H,(H,26,29). The van der Waals surface area contributed by atoms with E-state index in [1.165, 1.54) is 30.5 Å². The largest absolute Gasteiger partial charge is 0.322 e. The van der Waals surface area contributed by atoms with Crippen LogP contribution in [0.25, 0.3) is 16.9 Å². The molecule has 0 fully saturated rings. The molecule has 0 spiro atoms. The van der Waals surface area contributed by atoms with Gasteiger partial charge in [0, 0.05) is 21.3 Å². The Morgan fingerprint density at radius 2 is 1.72 bits per heavy atom. The molecule has 146 valence electrons. The molecule has 2 aromatic heterocycles. The van der Waals surface area contributed by atoms with Crippen LogP contribution < -0.4 is 5.32 Å². The molecule has 4 aromatic rings. The number of carbonyl (C=O) groups excluding carboxylic acids is 1. The zero-order valence-electron chi connectivity index (χ0n) is 14.6. The fraction of sp³-hybridized carbons (Fsp3) is 0.0500. The minimum absolute atomic E-state index is 0.0206. The van der Waals surface area contributed by atoms with Crippen LogP contribution in [0, 0.1) is 0 Å². The van der Waals surface area contributed by atoms with Crippen molar-refractivity contribution in [2.24, 2.45) is 0 Å². The first-order valence-electron chi connectivity index (χ1n) is 8.42. The summed E-state index contributed by atoms with van der Waals surface area (Å²) in [6.45, 7) is 0. The van der Waals surface area contributed by atoms with E-state index in [1.54, 1.807) is 24.3 Å². The lowest BCUT2D eigenvalue weighted by atomic mass is 10.1. The minimum atomic E-state index is -2.80. The molecule has 2 heterocycles. The molecular weight excluding hydrogens is 421 g/mol. The number of hydrogen-bond acceptors (Lipinski definition) is 3. The van der Waals surface area contributed by atoms with Crippen molar-refractivity contribution in [3.8, 4) is 11.3 Å². The normalized spacial score (nSPS) is 11.2. The summed E-state index contributed by atoms with van der Waals surface area (Å²) >= 11 is 11.9. The molecule has 0 aliphatic heterocycles. The maximum absolute atomic E-state index is 13.6. The third kappa shape index (κ3) is 3.92. The number of nitrogens with zero attached hydrogens (tertiary/aromatic N) is 3. The van der Waals surface area contributed by atoms with Gasteiger partial charge in [0.2, 0.25) is 0 Å². The molecule has 0 bridgehead atoms. The lowest BCUT2D eigenvalue weighted by molar-refractivity contribution is 0.102. The summed E-state index contributed by atoms with van der Waals surface area (Å²) in [5.41, 5.74) is 1.02. The molecule has 0 aliphatic carbocycles. The Balaban J connectivity index is 1.80. The summed E-state index contributed by atoms with van der Waals surface area (Å²) in [5.74, 6) is -0.573. The smallest absolute Gasteiger partial charge is 0.280 e. The minimum Gasteiger partial charge on any atom is -0.322 e. The van der Waals surface area contributed by atoms with Gasteiger partial charge in [-0.05, 0) is 24.3 Å². The highest BCUT2D eigenvalue weighted by Crippen LogP contribution is 2.27. The van der Waals surface area contributed by atoms with Crippen LogP contribution in [-0.2, 0) is 0 Å². The van der Waals surface area contributed by atoms with E-state index in [9.17, 15) is 13.6 Å². The molecule has 5 nitrogen and oxygen atoms in total. The van der Waals surface area contributed by atoms with Crippen molar-refractivity contribution < 1.29 is 13.6 Å². The Hall–Kier alpha value is -3.03. The van der Waals surface area contributed by atoms with Gasteiger partial charge in [-0.2, -0.15) is 5.10 Å². The zero-order chi connectivity index (χ0) is 20.5. The lowest BCUT2D eigenvalue weighted by Crippen LogP contribution is -2.12. The van der Waals surface area contributed by atoms with Crippen LogP contribution in [0.15, 0.2) is 60.8 Å². The summed E-state index contributed by atoms with van der Waals surface area (Å²) in [6.07, 6.45) is -1.60. The highest BCUT2D eigenvalue weighted by atomic mass is 35.5. The van der Waals surface area contributed by atoms with E-state index in [2.05, 4.69) is 15.4 Å². The fourth-order valence-corrected chi connectivity index (χ4v) is 3.41. The van der Waals surface area contributed by atoms with Crippen LogP contribution in [0.2, 0.25) is 10.0 Å². The van der Waals surface area contributed by atoms with E-state index in [1.807, 2.05) is 6.07 Å². The van der Waals surface area contributed by atoms with E-state index < -0.39 is 12.3 Å². The van der Waals surface area contributed by atoms with Gasteiger partial charge in [0.25, 0.3) is 12.3 Å². The first kappa shape index (κ1) is 19.3. The number of aromatic nitrogens is 3. The van der Waals surface area contributed by atoms with Crippen LogP contribution in [0.4, 0.5) is 14.5 Å². The Morgan fingerprint density at radius 3 is 2.38 bits per heavy atom. The molecule has 29 heavy (non-hydrogen) atoms. The molecule has 0 saturated heterocycles. The molecule has 0 unspecified atom stereocenters. The SMILES string of the molecule is O=C(Nc1cc(Cl)cc(Cl)c1)c1cnn2c(C(F)F)cc(-c3ccccc3)nc12. The first-order valence-corrected chi connectivity index (χ1v) is 9.17. The maximum atomic E-state index is 13.6. The number of amides is 1. The van der Waals surface area contributed by atoms with Gasteiger partial charge in [-0.25, -0.2) is 18.3 Å². The van der Waals surface area contributed by atoms with E-state index >= 15 is 0 Å². The van der Waals surface area contributed by atoms with Gasteiger partial charge < -0.3 is 5.32 Å². The predicted octanol–water partition coefficient (Wildman–Crippen LogP) is 5.89. The van der Waals surface area contributed by atoms with E-state index in [-0.39, 0.29) is 16.9 Å². The van der Waals surface area contributed by atoms with Crippen molar-refractivity contribution in [1.82, 2.24) is 14.6 Å². The van der Waals surface area contributed by atoms with Crippen LogP contribution in [0.3, 0.4) is 0 Å². The number of alkyl halides is 2. The van der Waals surface area contributed by atoms with Gasteiger partial charge in [-0.15, -0.1) is 0 Å². The number of fused-ring (bicyclic) bond motifs is 1. The lowest BCUT2D eigenvalue weighted by Gasteiger charge is -2.09. The molecule has 0 radical (unpaired) electrons. The molecule has 0 aliphatic rings. The van der Waals surface area contributed by atoms with Crippen molar-refractivity contribution in [3.63, 3.8) is 0 Å². The van der Waals surface area contributed by atoms with Crippen LogP contribution in [0.5, 0.6) is 0 Å². The summed E-state index contributed by atoms with van der Waals surface area (Å²) < 4.78 is 28.2. The molecule has 1 N–H and O–H groups in total. The Morgan fingerprint density at radius 1 is 1.03 bits per heavy atom. The molecule has 0 saturated carbocycles. The Kier molecular flexibility index (Phi) is 5.17. The number of benzene rings is 2. The van der Waals surface area contributed by atoms with E-state index in [0.29, 0.717) is 27.0 Å². The molecular formula is C20H12Cl2F2N4O. The van der Waals surface area contributed by atoms with Crippen molar-refractivity contribution in [1.29, 1.82) is 0 Å². The number of rotatable bonds is 4. The number of halogens is 4. The van der Waals surface area contributed by atoms with Crippen molar-refractivity contribution >= 4 is 40.4 Å². The quantitative estimate of drug-likeness (QED) is 0.437. The second-order valence-corrected chi connectivity index (χ2v) is 7.01. The van der Waals surface area contributed by atoms with Crippen molar-refractivity contribution in [2.75, 3.05) is 5.32 Å². The summed E-state index contributed by atoms with van der Waals surface area (Å²) in [6, 6.07) is 14.7. The fourth-order valence-electron chi connectivity index (χ4n) is 2.88. The summed E-state index contributed by atoms with van der Waals surface area (Å²) in [4.78, 5) is 17.2. The monoisotopic (exact) mass is 432 g/mol. The topological polar surface area (TPSA) is 59.3 Å². The number of nitrogens with one attached hydrogen (secondary N) is 1.